The van der Waals surface area contributed by atoms with Crippen molar-refractivity contribution in [2.24, 2.45) is 0 Å². The summed E-state index contributed by atoms with van der Waals surface area (Å²) in [4.78, 5) is 10.5. The van der Waals surface area contributed by atoms with Crippen LogP contribution in [0, 0.1) is 6.92 Å². The van der Waals surface area contributed by atoms with Crippen LogP contribution < -0.4 is 4.74 Å². The van der Waals surface area contributed by atoms with E-state index in [2.05, 4.69) is 10.2 Å². The molecule has 0 spiro atoms. The molecule has 0 atom stereocenters. The van der Waals surface area contributed by atoms with Crippen LogP contribution >= 0.6 is 0 Å². The van der Waals surface area contributed by atoms with Crippen LogP contribution in [0.5, 0.6) is 5.88 Å². The fourth-order valence-electron chi connectivity index (χ4n) is 0.916. The number of aryl methyl sites for hydroxylation is 1. The molecule has 0 bridgehead atoms. The largest absolute Gasteiger partial charge is 0.476 e. The van der Waals surface area contributed by atoms with Gasteiger partial charge in [0.25, 0.3) is 5.92 Å². The van der Waals surface area contributed by atoms with Crippen molar-refractivity contribution >= 4 is 5.97 Å². The van der Waals surface area contributed by atoms with Crippen LogP contribution in [-0.4, -0.2) is 33.8 Å². The van der Waals surface area contributed by atoms with E-state index in [0.29, 0.717) is 12.5 Å². The van der Waals surface area contributed by atoms with Crippen molar-refractivity contribution in [2.75, 3.05) is 6.61 Å². The Bertz CT molecular complexity index is 404. The minimum atomic E-state index is -2.97. The monoisotopic (exact) mass is 232 g/mol. The van der Waals surface area contributed by atoms with Crippen molar-refractivity contribution in [3.8, 4) is 5.88 Å². The number of hydrogen-bond acceptors (Lipinski definition) is 4. The van der Waals surface area contributed by atoms with E-state index >= 15 is 0 Å². The van der Waals surface area contributed by atoms with Crippen molar-refractivity contribution in [1.82, 2.24) is 10.2 Å². The summed E-state index contributed by atoms with van der Waals surface area (Å²) in [6.45, 7) is 1.39. The van der Waals surface area contributed by atoms with Gasteiger partial charge in [-0.1, -0.05) is 0 Å². The molecule has 1 aromatic heterocycles. The van der Waals surface area contributed by atoms with Gasteiger partial charge in [0.2, 0.25) is 5.88 Å². The molecule has 0 saturated heterocycles. The number of carboxylic acid groups (broad SMARTS) is 1. The molecule has 1 rings (SSSR count). The van der Waals surface area contributed by atoms with Gasteiger partial charge < -0.3 is 9.84 Å². The normalized spacial score (nSPS) is 11.2. The molecule has 0 amide bonds. The summed E-state index contributed by atoms with van der Waals surface area (Å²) in [5, 5.41) is 15.3. The summed E-state index contributed by atoms with van der Waals surface area (Å²) >= 11 is 0. The first-order valence-electron chi connectivity index (χ1n) is 4.38. The standard InChI is InChI=1S/C9H10F2N2O3/c1-5-3-6(8(14)15)12-13-7(5)16-4-9(2,10)11/h3H,4H2,1-2H3,(H,14,15). The van der Waals surface area contributed by atoms with E-state index in [1.807, 2.05) is 0 Å². The zero-order valence-corrected chi connectivity index (χ0v) is 8.70. The fourth-order valence-corrected chi connectivity index (χ4v) is 0.916. The Balaban J connectivity index is 2.80. The third-order valence-corrected chi connectivity index (χ3v) is 1.62. The van der Waals surface area contributed by atoms with Gasteiger partial charge in [-0.15, -0.1) is 10.2 Å². The van der Waals surface area contributed by atoms with Gasteiger partial charge in [-0.2, -0.15) is 0 Å². The average Bonchev–Trinajstić information content (AvgIpc) is 2.14. The van der Waals surface area contributed by atoms with Crippen LogP contribution in [0.4, 0.5) is 8.78 Å². The Morgan fingerprint density at radius 2 is 2.19 bits per heavy atom. The third-order valence-electron chi connectivity index (χ3n) is 1.62. The molecule has 7 heteroatoms. The summed E-state index contributed by atoms with van der Waals surface area (Å²) in [7, 11) is 0. The summed E-state index contributed by atoms with van der Waals surface area (Å²) in [5.41, 5.74) is 0.0877. The molecule has 0 aliphatic rings. The molecule has 0 radical (unpaired) electrons. The quantitative estimate of drug-likeness (QED) is 0.851. The molecule has 0 aromatic carbocycles. The number of carbonyl (C=O) groups is 1. The highest BCUT2D eigenvalue weighted by molar-refractivity contribution is 5.85. The maximum atomic E-state index is 12.5. The molecule has 0 aliphatic carbocycles. The van der Waals surface area contributed by atoms with Crippen LogP contribution in [0.15, 0.2) is 6.07 Å². The number of ether oxygens (including phenoxy) is 1. The highest BCUT2D eigenvalue weighted by atomic mass is 19.3. The van der Waals surface area contributed by atoms with E-state index in [1.54, 1.807) is 0 Å². The third kappa shape index (κ3) is 3.41. The molecule has 0 aliphatic heterocycles. The SMILES string of the molecule is Cc1cc(C(=O)O)nnc1OCC(C)(F)F. The molecule has 5 nitrogen and oxygen atoms in total. The highest BCUT2D eigenvalue weighted by Gasteiger charge is 2.23. The Morgan fingerprint density at radius 1 is 1.56 bits per heavy atom. The number of hydrogen-bond donors (Lipinski definition) is 1. The predicted molar refractivity (Wildman–Crippen MR) is 49.8 cm³/mol. The van der Waals surface area contributed by atoms with Gasteiger partial charge in [0.15, 0.2) is 12.3 Å². The number of nitrogens with zero attached hydrogens (tertiary/aromatic N) is 2. The lowest BCUT2D eigenvalue weighted by Crippen LogP contribution is -2.22. The number of rotatable bonds is 4. The molecule has 16 heavy (non-hydrogen) atoms. The van der Waals surface area contributed by atoms with Gasteiger partial charge in [0.05, 0.1) is 0 Å². The maximum Gasteiger partial charge on any atom is 0.356 e. The van der Waals surface area contributed by atoms with E-state index < -0.39 is 18.5 Å². The van der Waals surface area contributed by atoms with Crippen LogP contribution in [0.3, 0.4) is 0 Å². The predicted octanol–water partition coefficient (Wildman–Crippen LogP) is 1.52. The number of alkyl halides is 2. The van der Waals surface area contributed by atoms with Gasteiger partial charge >= 0.3 is 5.97 Å². The average molecular weight is 232 g/mol. The van der Waals surface area contributed by atoms with Gasteiger partial charge in [0.1, 0.15) is 0 Å². The van der Waals surface area contributed by atoms with Crippen molar-refractivity contribution in [2.45, 2.75) is 19.8 Å². The first-order chi connectivity index (χ1) is 7.29. The van der Waals surface area contributed by atoms with Gasteiger partial charge in [-0.3, -0.25) is 0 Å². The number of aromatic carboxylic acids is 1. The Kier molecular flexibility index (Phi) is 3.36. The molecular formula is C9H10F2N2O3. The van der Waals surface area contributed by atoms with E-state index in [4.69, 9.17) is 9.84 Å². The Morgan fingerprint density at radius 3 is 2.62 bits per heavy atom. The first kappa shape index (κ1) is 12.3. The molecule has 1 N–H and O–H groups in total. The minimum absolute atomic E-state index is 0.0912. The second kappa shape index (κ2) is 4.38. The molecule has 0 saturated carbocycles. The molecule has 1 aromatic rings. The van der Waals surface area contributed by atoms with Crippen LogP contribution in [0.1, 0.15) is 23.0 Å². The van der Waals surface area contributed by atoms with Crippen LogP contribution in [0.25, 0.3) is 0 Å². The van der Waals surface area contributed by atoms with Crippen molar-refractivity contribution in [3.63, 3.8) is 0 Å². The van der Waals surface area contributed by atoms with Gasteiger partial charge in [-0.05, 0) is 13.0 Å². The van der Waals surface area contributed by atoms with E-state index in [1.165, 1.54) is 13.0 Å². The van der Waals surface area contributed by atoms with Crippen molar-refractivity contribution in [1.29, 1.82) is 0 Å². The second-order valence-electron chi connectivity index (χ2n) is 3.38. The maximum absolute atomic E-state index is 12.5. The topological polar surface area (TPSA) is 72.3 Å². The van der Waals surface area contributed by atoms with E-state index in [9.17, 15) is 13.6 Å². The summed E-state index contributed by atoms with van der Waals surface area (Å²) in [6, 6.07) is 1.21. The van der Waals surface area contributed by atoms with E-state index in [-0.39, 0.29) is 11.6 Å². The minimum Gasteiger partial charge on any atom is -0.476 e. The zero-order chi connectivity index (χ0) is 12.3. The lowest BCUT2D eigenvalue weighted by molar-refractivity contribution is -0.0247. The number of halogens is 2. The molecule has 88 valence electrons. The lowest BCUT2D eigenvalue weighted by atomic mass is 10.3. The van der Waals surface area contributed by atoms with Gasteiger partial charge in [-0.25, -0.2) is 13.6 Å². The van der Waals surface area contributed by atoms with E-state index in [0.717, 1.165) is 0 Å². The fraction of sp³-hybridized carbons (Fsp3) is 0.444. The summed E-state index contributed by atoms with van der Waals surface area (Å²) < 4.78 is 29.7. The van der Waals surface area contributed by atoms with Crippen LogP contribution in [0.2, 0.25) is 0 Å². The Hall–Kier alpha value is -1.79. The second-order valence-corrected chi connectivity index (χ2v) is 3.38. The lowest BCUT2D eigenvalue weighted by Gasteiger charge is -2.12. The molecule has 1 heterocycles. The zero-order valence-electron chi connectivity index (χ0n) is 8.70. The molecule has 0 unspecified atom stereocenters. The summed E-state index contributed by atoms with van der Waals surface area (Å²) in [5.74, 6) is -4.30. The molecular weight excluding hydrogens is 222 g/mol. The van der Waals surface area contributed by atoms with Crippen molar-refractivity contribution in [3.05, 3.63) is 17.3 Å². The highest BCUT2D eigenvalue weighted by Crippen LogP contribution is 2.17. The molecule has 0 fully saturated rings. The van der Waals surface area contributed by atoms with Crippen molar-refractivity contribution < 1.29 is 23.4 Å². The van der Waals surface area contributed by atoms with Gasteiger partial charge in [0, 0.05) is 12.5 Å². The smallest absolute Gasteiger partial charge is 0.356 e. The number of aromatic nitrogens is 2. The Labute approximate surface area is 90.1 Å². The number of carboxylic acids is 1. The first-order valence-corrected chi connectivity index (χ1v) is 4.38. The van der Waals surface area contributed by atoms with Crippen LogP contribution in [-0.2, 0) is 0 Å². The summed E-state index contributed by atoms with van der Waals surface area (Å²) in [6.07, 6.45) is 0.